The minimum Gasteiger partial charge on any atom is -0.481 e. The van der Waals surface area contributed by atoms with E-state index in [2.05, 4.69) is 54.7 Å². The molecule has 1 heterocycles. The van der Waals surface area contributed by atoms with Crippen molar-refractivity contribution in [3.63, 3.8) is 0 Å². The molecule has 3 heteroatoms. The number of nitrogens with one attached hydrogen (secondary N) is 1. The molecule has 1 aliphatic heterocycles. The van der Waals surface area contributed by atoms with Crippen LogP contribution in [0.2, 0.25) is 0 Å². The summed E-state index contributed by atoms with van der Waals surface area (Å²) in [6.07, 6.45) is 10.5. The first kappa shape index (κ1) is 13.9. The third-order valence-corrected chi connectivity index (χ3v) is 4.48. The Morgan fingerprint density at radius 3 is 2.95 bits per heavy atom. The van der Waals surface area contributed by atoms with E-state index in [0.29, 0.717) is 5.92 Å². The fourth-order valence-electron chi connectivity index (χ4n) is 3.49. The molecule has 1 unspecified atom stereocenters. The topological polar surface area (TPSA) is 49.3 Å². The second-order valence-corrected chi connectivity index (χ2v) is 6.11. The number of fused-ring (bicyclic) bond motifs is 1. The van der Waals surface area contributed by atoms with Crippen LogP contribution >= 0.6 is 0 Å². The summed E-state index contributed by atoms with van der Waals surface area (Å²) in [5.74, 6) is -0.204. The van der Waals surface area contributed by atoms with E-state index in [1.807, 2.05) is 0 Å². The average Bonchev–Trinajstić information content (AvgIpc) is 2.47. The van der Waals surface area contributed by atoms with Gasteiger partial charge in [0.05, 0.1) is 6.42 Å². The van der Waals surface area contributed by atoms with E-state index in [9.17, 15) is 9.90 Å². The van der Waals surface area contributed by atoms with Crippen molar-refractivity contribution in [2.24, 2.45) is 11.8 Å². The molecule has 3 nitrogen and oxygen atoms in total. The molecule has 2 N–H and O–H groups in total. The zero-order valence-electron chi connectivity index (χ0n) is 12.3. The summed E-state index contributed by atoms with van der Waals surface area (Å²) in [7, 11) is 0. The maximum absolute atomic E-state index is 11.2. The summed E-state index contributed by atoms with van der Waals surface area (Å²) >= 11 is 0. The number of benzene rings is 1. The molecule has 21 heavy (non-hydrogen) atoms. The van der Waals surface area contributed by atoms with E-state index >= 15 is 0 Å². The SMILES string of the molecule is Cc1ccc2c(c1)C[C@H](CC(=O)O)[C@H](C1C=CC=CC1)N2. The zero-order chi connectivity index (χ0) is 14.8. The third-order valence-electron chi connectivity index (χ3n) is 4.48. The van der Waals surface area contributed by atoms with Gasteiger partial charge in [-0.2, -0.15) is 0 Å². The highest BCUT2D eigenvalue weighted by Gasteiger charge is 2.34. The highest BCUT2D eigenvalue weighted by Crippen LogP contribution is 2.36. The Morgan fingerprint density at radius 1 is 1.38 bits per heavy atom. The summed E-state index contributed by atoms with van der Waals surface area (Å²) in [6.45, 7) is 2.08. The van der Waals surface area contributed by atoms with Crippen LogP contribution in [0.15, 0.2) is 42.5 Å². The van der Waals surface area contributed by atoms with Gasteiger partial charge < -0.3 is 10.4 Å². The number of aliphatic carboxylic acids is 1. The van der Waals surface area contributed by atoms with Gasteiger partial charge in [0.15, 0.2) is 0 Å². The molecule has 2 aliphatic rings. The number of anilines is 1. The summed E-state index contributed by atoms with van der Waals surface area (Å²) in [5.41, 5.74) is 3.63. The first-order valence-electron chi connectivity index (χ1n) is 7.54. The van der Waals surface area contributed by atoms with Gasteiger partial charge in [-0.3, -0.25) is 4.79 Å². The second-order valence-electron chi connectivity index (χ2n) is 6.11. The predicted molar refractivity (Wildman–Crippen MR) is 84.4 cm³/mol. The summed E-state index contributed by atoms with van der Waals surface area (Å²) in [6, 6.07) is 6.59. The Balaban J connectivity index is 1.89. The number of hydrogen-bond donors (Lipinski definition) is 2. The Morgan fingerprint density at radius 2 is 2.24 bits per heavy atom. The Kier molecular flexibility index (Phi) is 3.82. The Labute approximate surface area is 125 Å². The Hall–Kier alpha value is -2.03. The first-order chi connectivity index (χ1) is 10.1. The van der Waals surface area contributed by atoms with Gasteiger partial charge in [-0.05, 0) is 37.3 Å². The molecule has 0 amide bonds. The van der Waals surface area contributed by atoms with Gasteiger partial charge in [-0.1, -0.05) is 42.0 Å². The van der Waals surface area contributed by atoms with Crippen molar-refractivity contribution in [3.05, 3.63) is 53.6 Å². The number of allylic oxidation sites excluding steroid dienone is 3. The molecule has 0 saturated carbocycles. The van der Waals surface area contributed by atoms with E-state index in [1.54, 1.807) is 0 Å². The van der Waals surface area contributed by atoms with Crippen LogP contribution in [0, 0.1) is 18.8 Å². The van der Waals surface area contributed by atoms with Crippen LogP contribution in [0.5, 0.6) is 0 Å². The minimum atomic E-state index is -0.710. The molecule has 0 radical (unpaired) electrons. The lowest BCUT2D eigenvalue weighted by atomic mass is 9.76. The fourth-order valence-corrected chi connectivity index (χ4v) is 3.49. The van der Waals surface area contributed by atoms with Crippen LogP contribution in [0.3, 0.4) is 0 Å². The lowest BCUT2D eigenvalue weighted by Crippen LogP contribution is -2.41. The van der Waals surface area contributed by atoms with Gasteiger partial charge in [0.1, 0.15) is 0 Å². The largest absolute Gasteiger partial charge is 0.481 e. The third kappa shape index (κ3) is 3.02. The molecule has 0 bridgehead atoms. The summed E-state index contributed by atoms with van der Waals surface area (Å²) < 4.78 is 0. The lowest BCUT2D eigenvalue weighted by Gasteiger charge is -2.38. The van der Waals surface area contributed by atoms with Gasteiger partial charge in [0, 0.05) is 17.6 Å². The van der Waals surface area contributed by atoms with Crippen molar-refractivity contribution in [1.82, 2.24) is 0 Å². The molecule has 1 aliphatic carbocycles. The van der Waals surface area contributed by atoms with Gasteiger partial charge in [0.2, 0.25) is 0 Å². The van der Waals surface area contributed by atoms with Crippen LogP contribution in [-0.4, -0.2) is 17.1 Å². The van der Waals surface area contributed by atoms with Crippen LogP contribution < -0.4 is 5.32 Å². The van der Waals surface area contributed by atoms with Crippen LogP contribution in [-0.2, 0) is 11.2 Å². The minimum absolute atomic E-state index is 0.137. The smallest absolute Gasteiger partial charge is 0.303 e. The van der Waals surface area contributed by atoms with E-state index in [1.165, 1.54) is 11.1 Å². The molecule has 1 aromatic carbocycles. The van der Waals surface area contributed by atoms with Crippen LogP contribution in [0.4, 0.5) is 5.69 Å². The Bertz CT molecular complexity index is 603. The molecule has 3 rings (SSSR count). The normalized spacial score (nSPS) is 27.0. The number of aryl methyl sites for hydroxylation is 1. The highest BCUT2D eigenvalue weighted by atomic mass is 16.4. The van der Waals surface area contributed by atoms with Crippen molar-refractivity contribution < 1.29 is 9.90 Å². The molecule has 110 valence electrons. The van der Waals surface area contributed by atoms with Crippen molar-refractivity contribution in [3.8, 4) is 0 Å². The number of rotatable bonds is 3. The number of carboxylic acids is 1. The van der Waals surface area contributed by atoms with Crippen molar-refractivity contribution in [2.45, 2.75) is 32.2 Å². The fraction of sp³-hybridized carbons (Fsp3) is 0.389. The van der Waals surface area contributed by atoms with Gasteiger partial charge in [0.25, 0.3) is 0 Å². The van der Waals surface area contributed by atoms with E-state index in [-0.39, 0.29) is 18.4 Å². The molecule has 0 spiro atoms. The van der Waals surface area contributed by atoms with Crippen molar-refractivity contribution in [2.75, 3.05) is 5.32 Å². The standard InChI is InChI=1S/C18H21NO2/c1-12-7-8-16-14(9-12)10-15(11-17(20)21)18(19-16)13-5-3-2-4-6-13/h2-5,7-9,13,15,18-19H,6,10-11H2,1H3,(H,20,21)/t13?,15-,18+/m1/s1. The maximum atomic E-state index is 11.2. The predicted octanol–water partition coefficient (Wildman–Crippen LogP) is 3.55. The number of carboxylic acid groups (broad SMARTS) is 1. The van der Waals surface area contributed by atoms with E-state index in [0.717, 1.165) is 18.5 Å². The first-order valence-corrected chi connectivity index (χ1v) is 7.54. The zero-order valence-corrected chi connectivity index (χ0v) is 12.3. The maximum Gasteiger partial charge on any atom is 0.303 e. The van der Waals surface area contributed by atoms with E-state index in [4.69, 9.17) is 0 Å². The van der Waals surface area contributed by atoms with Crippen LogP contribution in [0.25, 0.3) is 0 Å². The van der Waals surface area contributed by atoms with Gasteiger partial charge in [-0.15, -0.1) is 0 Å². The van der Waals surface area contributed by atoms with Gasteiger partial charge in [-0.25, -0.2) is 0 Å². The van der Waals surface area contributed by atoms with E-state index < -0.39 is 5.97 Å². The molecule has 0 saturated heterocycles. The van der Waals surface area contributed by atoms with Crippen LogP contribution in [0.1, 0.15) is 24.0 Å². The molecule has 0 aromatic heterocycles. The molecule has 1 aromatic rings. The number of carbonyl (C=O) groups is 1. The van der Waals surface area contributed by atoms with Crippen molar-refractivity contribution >= 4 is 11.7 Å². The highest BCUT2D eigenvalue weighted by molar-refractivity contribution is 5.68. The van der Waals surface area contributed by atoms with Crippen molar-refractivity contribution in [1.29, 1.82) is 0 Å². The molecular formula is C18H21NO2. The second kappa shape index (κ2) is 5.76. The number of hydrogen-bond acceptors (Lipinski definition) is 2. The quantitative estimate of drug-likeness (QED) is 0.892. The molecule has 0 fully saturated rings. The lowest BCUT2D eigenvalue weighted by molar-refractivity contribution is -0.138. The summed E-state index contributed by atoms with van der Waals surface area (Å²) in [4.78, 5) is 11.2. The summed E-state index contributed by atoms with van der Waals surface area (Å²) in [5, 5.41) is 12.8. The molecular weight excluding hydrogens is 262 g/mol. The average molecular weight is 283 g/mol. The monoisotopic (exact) mass is 283 g/mol. The van der Waals surface area contributed by atoms with Gasteiger partial charge >= 0.3 is 5.97 Å². The molecule has 3 atom stereocenters.